The number of Topliss-reactive ketones (excluding diaryl/α,β-unsaturated/α-hetero) is 1. The number of benzene rings is 2. The molecule has 1 heterocycles. The van der Waals surface area contributed by atoms with Crippen molar-refractivity contribution in [2.45, 2.75) is 187 Å². The number of aliphatic hydroxyl groups excluding tert-OH is 1. The summed E-state index contributed by atoms with van der Waals surface area (Å²) in [5.74, 6) is -6.70. The summed E-state index contributed by atoms with van der Waals surface area (Å²) in [6.45, 7) is 16.1. The van der Waals surface area contributed by atoms with Crippen molar-refractivity contribution in [1.82, 2.24) is 5.32 Å². The number of amides is 1. The number of hydrogen-bond acceptors (Lipinski definition) is 14. The van der Waals surface area contributed by atoms with E-state index in [9.17, 15) is 34.2 Å². The molecular weight excluding hydrogens is 1030 g/mol. The first-order chi connectivity index (χ1) is 38.4. The standard InChI is InChI=1S/C66H85NO14/c1-11-12-13-14-15-16-17-18-19-20-21-22-23-24-25-26-27-28-35-40-52(70)78-55-53-44(2)49(77-59(72)45(3)54(47-36-31-29-32-37-47)67-61(74)81-62(5,6)7)42-66(75,63(53,8)9)58(79-60(73)48-38-33-30-34-39-48)56-64(10,57(55)71)50(69)41-51-65(56,43-76-51)80-46(4)68/h12-13,15-16,18-19,21-22,24-25,27-34,36-39,45,49-51,54-56,58,69,75H,11,14,17,20,23,26,35,40-43H2,1-10H3,(H,67,74)/b13-12-,16-15-,19-18-,22-21-,25-24-,28-27-. The second-order valence-corrected chi connectivity index (χ2v) is 23.3. The molecule has 3 N–H and O–H groups in total. The van der Waals surface area contributed by atoms with E-state index in [1.54, 1.807) is 97.0 Å². The highest BCUT2D eigenvalue weighted by molar-refractivity contribution is 5.96. The molecule has 1 aliphatic heterocycles. The molecule has 81 heavy (non-hydrogen) atoms. The van der Waals surface area contributed by atoms with Gasteiger partial charge in [-0.15, -0.1) is 0 Å². The van der Waals surface area contributed by atoms with Crippen molar-refractivity contribution in [3.8, 4) is 0 Å². The molecule has 3 fully saturated rings. The van der Waals surface area contributed by atoms with Gasteiger partial charge in [0.05, 0.1) is 41.6 Å². The Bertz CT molecular complexity index is 2750. The van der Waals surface area contributed by atoms with Crippen molar-refractivity contribution in [2.24, 2.45) is 22.7 Å². The van der Waals surface area contributed by atoms with Gasteiger partial charge in [0.25, 0.3) is 0 Å². The molecular formula is C66H85NO14. The van der Waals surface area contributed by atoms with Crippen LogP contribution in [0.2, 0.25) is 0 Å². The van der Waals surface area contributed by atoms with Crippen LogP contribution in [-0.2, 0) is 47.6 Å². The highest BCUT2D eigenvalue weighted by atomic mass is 16.6. The summed E-state index contributed by atoms with van der Waals surface area (Å²) in [5.41, 5.74) is -7.72. The second kappa shape index (κ2) is 27.9. The number of allylic oxidation sites excluding steroid dienone is 12. The number of carbonyl (C=O) groups is 6. The fourth-order valence-electron chi connectivity index (χ4n) is 11.9. The van der Waals surface area contributed by atoms with Crippen LogP contribution in [0.1, 0.15) is 155 Å². The second-order valence-electron chi connectivity index (χ2n) is 23.3. The molecule has 11 unspecified atom stereocenters. The fraction of sp³-hybridized carbons (Fsp3) is 0.515. The summed E-state index contributed by atoms with van der Waals surface area (Å²) in [4.78, 5) is 86.4. The number of aliphatic hydroxyl groups is 2. The number of nitrogens with one attached hydrogen (secondary N) is 1. The summed E-state index contributed by atoms with van der Waals surface area (Å²) in [7, 11) is 0. The van der Waals surface area contributed by atoms with Crippen molar-refractivity contribution in [3.63, 3.8) is 0 Å². The molecule has 11 atom stereocenters. The average molecular weight is 1120 g/mol. The lowest BCUT2D eigenvalue weighted by Gasteiger charge is -2.67. The van der Waals surface area contributed by atoms with E-state index in [1.807, 2.05) is 18.2 Å². The van der Waals surface area contributed by atoms with E-state index in [1.165, 1.54) is 26.0 Å². The van der Waals surface area contributed by atoms with Gasteiger partial charge < -0.3 is 44.0 Å². The lowest BCUT2D eigenvalue weighted by atomic mass is 9.44. The predicted octanol–water partition coefficient (Wildman–Crippen LogP) is 11.6. The highest BCUT2D eigenvalue weighted by Gasteiger charge is 2.78. The lowest BCUT2D eigenvalue weighted by Crippen LogP contribution is -2.82. The lowest BCUT2D eigenvalue weighted by molar-refractivity contribution is -0.346. The van der Waals surface area contributed by atoms with Crippen LogP contribution in [0.15, 0.2) is 145 Å². The van der Waals surface area contributed by atoms with Gasteiger partial charge in [-0.25, -0.2) is 9.59 Å². The molecule has 438 valence electrons. The van der Waals surface area contributed by atoms with E-state index in [4.69, 9.17) is 28.4 Å². The van der Waals surface area contributed by atoms with E-state index in [0.717, 1.165) is 32.1 Å². The minimum Gasteiger partial charge on any atom is -0.457 e. The summed E-state index contributed by atoms with van der Waals surface area (Å²) >= 11 is 0. The Hall–Kier alpha value is -6.68. The molecule has 2 saturated carbocycles. The zero-order valence-corrected chi connectivity index (χ0v) is 48.9. The first-order valence-corrected chi connectivity index (χ1v) is 28.5. The Morgan fingerprint density at radius 3 is 1.85 bits per heavy atom. The van der Waals surface area contributed by atoms with Gasteiger partial charge in [0.15, 0.2) is 17.5 Å². The Morgan fingerprint density at radius 1 is 0.790 bits per heavy atom. The van der Waals surface area contributed by atoms with Gasteiger partial charge in [-0.3, -0.25) is 19.2 Å². The molecule has 0 spiro atoms. The predicted molar refractivity (Wildman–Crippen MR) is 308 cm³/mol. The van der Waals surface area contributed by atoms with Gasteiger partial charge in [0, 0.05) is 31.6 Å². The largest absolute Gasteiger partial charge is 0.457 e. The highest BCUT2D eigenvalue weighted by Crippen LogP contribution is 2.64. The minimum absolute atomic E-state index is 0.0710. The number of ketones is 1. The van der Waals surface area contributed by atoms with Crippen molar-refractivity contribution in [3.05, 3.63) is 156 Å². The van der Waals surface area contributed by atoms with Crippen LogP contribution in [0, 0.1) is 22.7 Å². The molecule has 0 aromatic heterocycles. The number of esters is 4. The molecule has 4 aliphatic rings. The number of rotatable bonds is 23. The SMILES string of the molecule is CC/C=C\C/C=C\C/C=C\C/C=C\C/C=C\C/C=C\CCC(=O)OC1C(=O)C2(C)C(O)CC3OCC3(OC(C)=O)C2C(OC(=O)c2ccccc2)C2(O)CC(OC(=O)C(C)C(NC(=O)OC(C)(C)C)c3ccccc3)C(C)=C1C2(C)C. The topological polar surface area (TPSA) is 210 Å². The van der Waals surface area contributed by atoms with E-state index in [-0.39, 0.29) is 42.6 Å². The van der Waals surface area contributed by atoms with Crippen LogP contribution in [0.4, 0.5) is 4.79 Å². The first kappa shape index (κ1) is 63.5. The molecule has 2 bridgehead atoms. The molecule has 3 aliphatic carbocycles. The van der Waals surface area contributed by atoms with E-state index in [0.29, 0.717) is 12.0 Å². The molecule has 2 aromatic carbocycles. The number of fused-ring (bicyclic) bond motifs is 5. The van der Waals surface area contributed by atoms with Crippen LogP contribution in [-0.4, -0.2) is 99.9 Å². The third-order valence-electron chi connectivity index (χ3n) is 16.2. The van der Waals surface area contributed by atoms with Crippen molar-refractivity contribution < 1.29 is 67.4 Å². The third kappa shape index (κ3) is 14.9. The smallest absolute Gasteiger partial charge is 0.408 e. The van der Waals surface area contributed by atoms with Crippen LogP contribution in [0.3, 0.4) is 0 Å². The van der Waals surface area contributed by atoms with Crippen molar-refractivity contribution >= 4 is 35.8 Å². The van der Waals surface area contributed by atoms with Crippen molar-refractivity contribution in [1.29, 1.82) is 0 Å². The minimum atomic E-state index is -2.36. The van der Waals surface area contributed by atoms with Gasteiger partial charge in [0.2, 0.25) is 0 Å². The number of carbonyl (C=O) groups excluding carboxylic acids is 6. The summed E-state index contributed by atoms with van der Waals surface area (Å²) in [6.07, 6.45) is 21.3. The van der Waals surface area contributed by atoms with Gasteiger partial charge in [-0.2, -0.15) is 0 Å². The Balaban J connectivity index is 1.34. The Kier molecular flexibility index (Phi) is 21.8. The Labute approximate surface area is 478 Å². The number of hydrogen-bond donors (Lipinski definition) is 3. The Morgan fingerprint density at radius 2 is 1.33 bits per heavy atom. The maximum absolute atomic E-state index is 16.1. The maximum atomic E-state index is 16.1. The zero-order chi connectivity index (χ0) is 59.2. The number of alkyl carbamates (subject to hydrolysis) is 1. The first-order valence-electron chi connectivity index (χ1n) is 28.5. The molecule has 0 radical (unpaired) electrons. The van der Waals surface area contributed by atoms with E-state index >= 15 is 4.79 Å². The summed E-state index contributed by atoms with van der Waals surface area (Å²) in [6, 6.07) is 15.8. The van der Waals surface area contributed by atoms with Crippen LogP contribution in [0.25, 0.3) is 0 Å². The van der Waals surface area contributed by atoms with E-state index < -0.39 is 118 Å². The van der Waals surface area contributed by atoms with Crippen LogP contribution >= 0.6 is 0 Å². The van der Waals surface area contributed by atoms with Gasteiger partial charge in [-0.1, -0.05) is 142 Å². The zero-order valence-electron chi connectivity index (χ0n) is 48.9. The number of ether oxygens (including phenoxy) is 6. The normalized spacial score (nSPS) is 28.0. The van der Waals surface area contributed by atoms with Crippen LogP contribution in [0.5, 0.6) is 0 Å². The van der Waals surface area contributed by atoms with E-state index in [2.05, 4.69) is 66.9 Å². The molecule has 2 aromatic rings. The van der Waals surface area contributed by atoms with Gasteiger partial charge in [-0.05, 0) is 115 Å². The molecule has 6 rings (SSSR count). The molecule has 15 heteroatoms. The molecule has 1 saturated heterocycles. The fourth-order valence-corrected chi connectivity index (χ4v) is 11.9. The quantitative estimate of drug-likeness (QED) is 0.0537. The monoisotopic (exact) mass is 1120 g/mol. The van der Waals surface area contributed by atoms with Gasteiger partial charge in [0.1, 0.15) is 29.5 Å². The molecule has 1 amide bonds. The van der Waals surface area contributed by atoms with Gasteiger partial charge >= 0.3 is 30.0 Å². The third-order valence-corrected chi connectivity index (χ3v) is 16.2. The molecule has 15 nitrogen and oxygen atoms in total. The summed E-state index contributed by atoms with van der Waals surface area (Å²) in [5, 5.41) is 29.3. The van der Waals surface area contributed by atoms with Crippen LogP contribution < -0.4 is 5.32 Å². The average Bonchev–Trinajstić information content (AvgIpc) is 3.20. The van der Waals surface area contributed by atoms with Crippen molar-refractivity contribution in [2.75, 3.05) is 6.61 Å². The maximum Gasteiger partial charge on any atom is 0.408 e. The summed E-state index contributed by atoms with van der Waals surface area (Å²) < 4.78 is 37.2.